The fraction of sp³-hybridized carbons (Fsp3) is 0.273. The third-order valence-corrected chi connectivity index (χ3v) is 3.04. The van der Waals surface area contributed by atoms with E-state index in [1.165, 1.54) is 6.33 Å². The van der Waals surface area contributed by atoms with Crippen molar-refractivity contribution in [1.29, 1.82) is 0 Å². The summed E-state index contributed by atoms with van der Waals surface area (Å²) in [6, 6.07) is 0. The molecule has 3 rings (SSSR count). The molecular formula is C11H14N5O5P. The van der Waals surface area contributed by atoms with Crippen LogP contribution in [-0.4, -0.2) is 40.3 Å². The number of rotatable bonds is 1. The van der Waals surface area contributed by atoms with E-state index in [2.05, 4.69) is 15.1 Å². The average Bonchev–Trinajstić information content (AvgIpc) is 2.75. The van der Waals surface area contributed by atoms with Crippen molar-refractivity contribution in [2.75, 3.05) is 0 Å². The first-order chi connectivity index (χ1) is 10.2. The number of aromatic nitrogens is 4. The summed E-state index contributed by atoms with van der Waals surface area (Å²) in [7, 11) is -2.84. The van der Waals surface area contributed by atoms with Gasteiger partial charge in [-0.3, -0.25) is 9.48 Å². The van der Waals surface area contributed by atoms with Gasteiger partial charge in [0.1, 0.15) is 6.33 Å². The monoisotopic (exact) mass is 327 g/mol. The molecule has 0 atom stereocenters. The van der Waals surface area contributed by atoms with Crippen LogP contribution >= 0.6 is 7.82 Å². The van der Waals surface area contributed by atoms with Gasteiger partial charge in [-0.05, 0) is 18.4 Å². The molecule has 11 heteroatoms. The van der Waals surface area contributed by atoms with Crippen molar-refractivity contribution in [2.24, 2.45) is 12.8 Å². The van der Waals surface area contributed by atoms with E-state index in [-0.39, 0.29) is 0 Å². The molecule has 0 saturated heterocycles. The van der Waals surface area contributed by atoms with Crippen LogP contribution in [0.1, 0.15) is 21.6 Å². The zero-order valence-electron chi connectivity index (χ0n) is 11.5. The smallest absolute Gasteiger partial charge is 0.364 e. The van der Waals surface area contributed by atoms with Crippen molar-refractivity contribution < 1.29 is 24.0 Å². The highest BCUT2D eigenvalue weighted by Crippen LogP contribution is 2.32. The molecule has 0 spiro atoms. The molecule has 0 saturated carbocycles. The topological polar surface area (TPSA) is 164 Å². The number of hydrogen-bond acceptors (Lipinski definition) is 5. The zero-order valence-corrected chi connectivity index (χ0v) is 12.4. The third-order valence-electron chi connectivity index (χ3n) is 3.04. The molecule has 2 heterocycles. The quantitative estimate of drug-likeness (QED) is 0.491. The van der Waals surface area contributed by atoms with Crippen LogP contribution in [0.25, 0.3) is 11.4 Å². The largest absolute Gasteiger partial charge is 0.466 e. The van der Waals surface area contributed by atoms with Gasteiger partial charge in [-0.2, -0.15) is 5.10 Å². The van der Waals surface area contributed by atoms with Crippen LogP contribution in [0.3, 0.4) is 0 Å². The highest BCUT2D eigenvalue weighted by molar-refractivity contribution is 7.45. The lowest BCUT2D eigenvalue weighted by Gasteiger charge is -2.15. The number of aryl methyl sites for hydroxylation is 2. The highest BCUT2D eigenvalue weighted by Gasteiger charge is 2.26. The van der Waals surface area contributed by atoms with E-state index in [0.29, 0.717) is 5.69 Å². The lowest BCUT2D eigenvalue weighted by atomic mass is 9.93. The molecule has 0 bridgehead atoms. The number of amides is 1. The minimum absolute atomic E-state index is 0.353. The first-order valence-corrected chi connectivity index (χ1v) is 7.68. The van der Waals surface area contributed by atoms with Crippen molar-refractivity contribution in [3.8, 4) is 11.4 Å². The molecule has 0 radical (unpaired) electrons. The minimum atomic E-state index is -4.64. The Labute approximate surface area is 124 Å². The van der Waals surface area contributed by atoms with Gasteiger partial charge in [-0.25, -0.2) is 14.5 Å². The predicted molar refractivity (Wildman–Crippen MR) is 74.4 cm³/mol. The maximum absolute atomic E-state index is 11.3. The number of phosphoric acid groups is 1. The summed E-state index contributed by atoms with van der Waals surface area (Å²) < 4.78 is 10.5. The summed E-state index contributed by atoms with van der Waals surface area (Å²) in [6.45, 7) is 0. The van der Waals surface area contributed by atoms with Crippen LogP contribution in [0, 0.1) is 0 Å². The summed E-state index contributed by atoms with van der Waals surface area (Å²) in [5, 5.41) is 4.17. The van der Waals surface area contributed by atoms with Crippen LogP contribution in [0.15, 0.2) is 12.5 Å². The molecule has 5 N–H and O–H groups in total. The van der Waals surface area contributed by atoms with Crippen LogP contribution in [0.2, 0.25) is 0 Å². The number of carbonyl (C=O) groups is 1. The van der Waals surface area contributed by atoms with Gasteiger partial charge in [0.2, 0.25) is 0 Å². The van der Waals surface area contributed by atoms with Crippen LogP contribution in [0.5, 0.6) is 0 Å². The van der Waals surface area contributed by atoms with Crippen LogP contribution in [0.4, 0.5) is 0 Å². The summed E-state index contributed by atoms with van der Waals surface area (Å²) in [4.78, 5) is 41.2. The van der Waals surface area contributed by atoms with E-state index in [0.717, 1.165) is 35.4 Å². The van der Waals surface area contributed by atoms with Crippen LogP contribution in [-0.2, 0) is 24.5 Å². The van der Waals surface area contributed by atoms with Gasteiger partial charge in [-0.1, -0.05) is 0 Å². The Balaban J connectivity index is 0.000000309. The third kappa shape index (κ3) is 3.55. The molecule has 0 aromatic carbocycles. The number of fused-ring (bicyclic) bond motifs is 3. The van der Waals surface area contributed by atoms with E-state index in [9.17, 15) is 4.79 Å². The van der Waals surface area contributed by atoms with Crippen molar-refractivity contribution in [3.05, 3.63) is 29.3 Å². The Hall–Kier alpha value is -2.13. The SMILES string of the molecule is Cn1nc(C(N)=O)c2c1-c1ncncc1CC2.O=P(O)(O)O. The molecule has 0 unspecified atom stereocenters. The molecule has 1 aliphatic rings. The highest BCUT2D eigenvalue weighted by atomic mass is 31.2. The Morgan fingerprint density at radius 2 is 2.00 bits per heavy atom. The number of primary amides is 1. The Morgan fingerprint density at radius 1 is 1.36 bits per heavy atom. The molecule has 0 aliphatic heterocycles. The molecule has 0 fully saturated rings. The lowest BCUT2D eigenvalue weighted by molar-refractivity contribution is 0.0994. The fourth-order valence-electron chi connectivity index (χ4n) is 2.31. The molecular weight excluding hydrogens is 313 g/mol. The van der Waals surface area contributed by atoms with Gasteiger partial charge in [0.15, 0.2) is 5.69 Å². The molecule has 2 aromatic rings. The minimum Gasteiger partial charge on any atom is -0.364 e. The van der Waals surface area contributed by atoms with E-state index in [1.807, 2.05) is 6.20 Å². The van der Waals surface area contributed by atoms with E-state index in [1.54, 1.807) is 11.7 Å². The second-order valence-electron chi connectivity index (χ2n) is 4.57. The maximum atomic E-state index is 11.3. The maximum Gasteiger partial charge on any atom is 0.466 e. The molecule has 118 valence electrons. The molecule has 1 amide bonds. The summed E-state index contributed by atoms with van der Waals surface area (Å²) in [5.74, 6) is -0.487. The predicted octanol–water partition coefficient (Wildman–Crippen LogP) is -0.854. The summed E-state index contributed by atoms with van der Waals surface area (Å²) >= 11 is 0. The van der Waals surface area contributed by atoms with Crippen LogP contribution < -0.4 is 5.73 Å². The summed E-state index contributed by atoms with van der Waals surface area (Å²) in [6.07, 6.45) is 4.88. The standard InChI is InChI=1S/C11H11N5O.H3O4P/c1-16-10-7(9(15-16)11(12)17)3-2-6-4-13-5-14-8(6)10;1-5(2,3)4/h4-5H,2-3H2,1H3,(H2,12,17);(H3,1,2,3,4). The van der Waals surface area contributed by atoms with E-state index in [4.69, 9.17) is 25.0 Å². The van der Waals surface area contributed by atoms with Gasteiger partial charge < -0.3 is 20.4 Å². The normalized spacial score (nSPS) is 12.7. The molecule has 22 heavy (non-hydrogen) atoms. The summed E-state index contributed by atoms with van der Waals surface area (Å²) in [5.41, 5.74) is 9.38. The van der Waals surface area contributed by atoms with Gasteiger partial charge in [-0.15, -0.1) is 0 Å². The number of hydrogen-bond donors (Lipinski definition) is 4. The van der Waals surface area contributed by atoms with Crippen molar-refractivity contribution in [2.45, 2.75) is 12.8 Å². The first-order valence-electron chi connectivity index (χ1n) is 6.11. The first kappa shape index (κ1) is 16.2. The second-order valence-corrected chi connectivity index (χ2v) is 5.60. The Morgan fingerprint density at radius 3 is 2.59 bits per heavy atom. The van der Waals surface area contributed by atoms with Crippen molar-refractivity contribution in [3.63, 3.8) is 0 Å². The van der Waals surface area contributed by atoms with Gasteiger partial charge in [0.25, 0.3) is 5.91 Å². The number of carbonyl (C=O) groups excluding carboxylic acids is 1. The zero-order chi connectivity index (χ0) is 16.5. The van der Waals surface area contributed by atoms with Crippen molar-refractivity contribution in [1.82, 2.24) is 19.7 Å². The Kier molecular flexibility index (Phi) is 4.38. The fourth-order valence-corrected chi connectivity index (χ4v) is 2.31. The number of nitrogens with zero attached hydrogens (tertiary/aromatic N) is 4. The molecule has 2 aromatic heterocycles. The van der Waals surface area contributed by atoms with E-state index >= 15 is 0 Å². The van der Waals surface area contributed by atoms with Gasteiger partial charge >= 0.3 is 7.82 Å². The number of nitrogens with two attached hydrogens (primary N) is 1. The second kappa shape index (κ2) is 5.93. The van der Waals surface area contributed by atoms with Gasteiger partial charge in [0, 0.05) is 18.8 Å². The van der Waals surface area contributed by atoms with Crippen molar-refractivity contribution >= 4 is 13.7 Å². The Bertz CT molecular complexity index is 760. The average molecular weight is 327 g/mol. The lowest BCUT2D eigenvalue weighted by Crippen LogP contribution is -2.15. The van der Waals surface area contributed by atoms with Gasteiger partial charge in [0.05, 0.1) is 11.4 Å². The van der Waals surface area contributed by atoms with E-state index < -0.39 is 13.7 Å². The molecule has 10 nitrogen and oxygen atoms in total. The molecule has 1 aliphatic carbocycles.